The van der Waals surface area contributed by atoms with E-state index in [1.165, 1.54) is 11.1 Å². The second kappa shape index (κ2) is 6.68. The molecule has 0 amide bonds. The zero-order valence-corrected chi connectivity index (χ0v) is 14.7. The van der Waals surface area contributed by atoms with E-state index in [1.807, 2.05) is 30.3 Å². The van der Waals surface area contributed by atoms with Gasteiger partial charge in [-0.05, 0) is 64.2 Å². The van der Waals surface area contributed by atoms with Gasteiger partial charge in [-0.2, -0.15) is 0 Å². The number of aryl methyl sites for hydroxylation is 2. The number of carbonyl (C=O) groups is 1. The molecule has 2 aromatic rings. The summed E-state index contributed by atoms with van der Waals surface area (Å²) in [4.78, 5) is 12.6. The van der Waals surface area contributed by atoms with E-state index in [0.717, 1.165) is 27.4 Å². The van der Waals surface area contributed by atoms with Gasteiger partial charge in [-0.1, -0.05) is 41.9 Å². The molecule has 0 aromatic heterocycles. The summed E-state index contributed by atoms with van der Waals surface area (Å²) < 4.78 is 1.77. The number of hydrogen-bond donors (Lipinski definition) is 0. The molecule has 3 heteroatoms. The summed E-state index contributed by atoms with van der Waals surface area (Å²) in [5, 5.41) is 0. The minimum Gasteiger partial charge on any atom is -0.289 e. The van der Waals surface area contributed by atoms with Crippen molar-refractivity contribution in [3.8, 4) is 0 Å². The first kappa shape index (κ1) is 15.5. The van der Waals surface area contributed by atoms with Gasteiger partial charge in [-0.25, -0.2) is 0 Å². The Hall–Kier alpha value is -0.930. The van der Waals surface area contributed by atoms with Gasteiger partial charge in [0, 0.05) is 20.1 Å². The Morgan fingerprint density at radius 1 is 0.950 bits per heavy atom. The normalized spacial score (nSPS) is 10.6. The number of halogens is 2. The quantitative estimate of drug-likeness (QED) is 0.618. The van der Waals surface area contributed by atoms with Crippen LogP contribution in [0, 0.1) is 0 Å². The van der Waals surface area contributed by atoms with Gasteiger partial charge in [0.05, 0.1) is 0 Å². The summed E-state index contributed by atoms with van der Waals surface area (Å²) in [7, 11) is 0. The van der Waals surface area contributed by atoms with Crippen LogP contribution in [0.1, 0.15) is 40.9 Å². The monoisotopic (exact) mass is 394 g/mol. The topological polar surface area (TPSA) is 17.1 Å². The molecule has 0 bridgehead atoms. The van der Waals surface area contributed by atoms with Crippen molar-refractivity contribution >= 4 is 37.6 Å². The smallest absolute Gasteiger partial charge is 0.194 e. The predicted octanol–water partition coefficient (Wildman–Crippen LogP) is 5.57. The first-order valence-corrected chi connectivity index (χ1v) is 8.27. The van der Waals surface area contributed by atoms with Crippen molar-refractivity contribution < 1.29 is 4.79 Å². The van der Waals surface area contributed by atoms with Crippen LogP contribution in [0.25, 0.3) is 0 Å². The molecule has 0 heterocycles. The van der Waals surface area contributed by atoms with Gasteiger partial charge >= 0.3 is 0 Å². The van der Waals surface area contributed by atoms with Gasteiger partial charge in [0.2, 0.25) is 0 Å². The highest BCUT2D eigenvalue weighted by atomic mass is 79.9. The van der Waals surface area contributed by atoms with Crippen LogP contribution in [0.2, 0.25) is 0 Å². The zero-order chi connectivity index (χ0) is 14.7. The van der Waals surface area contributed by atoms with E-state index in [2.05, 4.69) is 51.8 Å². The Morgan fingerprint density at radius 3 is 2.25 bits per heavy atom. The maximum absolute atomic E-state index is 12.6. The fraction of sp³-hybridized carbons (Fsp3) is 0.235. The van der Waals surface area contributed by atoms with Crippen molar-refractivity contribution in [2.24, 2.45) is 0 Å². The van der Waals surface area contributed by atoms with Crippen LogP contribution in [-0.4, -0.2) is 5.78 Å². The van der Waals surface area contributed by atoms with Crippen molar-refractivity contribution in [2.45, 2.75) is 26.7 Å². The molecule has 0 radical (unpaired) electrons. The summed E-state index contributed by atoms with van der Waals surface area (Å²) in [6.45, 7) is 4.26. The van der Waals surface area contributed by atoms with Crippen LogP contribution < -0.4 is 0 Å². The molecular weight excluding hydrogens is 380 g/mol. The van der Waals surface area contributed by atoms with E-state index in [1.54, 1.807) is 0 Å². The molecule has 0 fully saturated rings. The van der Waals surface area contributed by atoms with E-state index in [4.69, 9.17) is 0 Å². The van der Waals surface area contributed by atoms with E-state index in [0.29, 0.717) is 5.56 Å². The fourth-order valence-electron chi connectivity index (χ4n) is 2.27. The molecule has 0 aliphatic carbocycles. The summed E-state index contributed by atoms with van der Waals surface area (Å²) in [5.74, 6) is 0.0572. The Labute approximate surface area is 136 Å². The van der Waals surface area contributed by atoms with Gasteiger partial charge in [-0.3, -0.25) is 4.79 Å². The third kappa shape index (κ3) is 3.21. The summed E-state index contributed by atoms with van der Waals surface area (Å²) in [6.07, 6.45) is 1.95. The van der Waals surface area contributed by atoms with Crippen molar-refractivity contribution in [1.29, 1.82) is 0 Å². The lowest BCUT2D eigenvalue weighted by molar-refractivity contribution is 0.103. The highest BCUT2D eigenvalue weighted by Gasteiger charge is 2.14. The van der Waals surface area contributed by atoms with Crippen molar-refractivity contribution in [2.75, 3.05) is 0 Å². The van der Waals surface area contributed by atoms with Gasteiger partial charge in [-0.15, -0.1) is 0 Å². The fourth-order valence-corrected chi connectivity index (χ4v) is 3.50. The third-order valence-electron chi connectivity index (χ3n) is 3.41. The molecular formula is C17H16Br2O. The summed E-state index contributed by atoms with van der Waals surface area (Å²) >= 11 is 6.86. The minimum absolute atomic E-state index is 0.0572. The average Bonchev–Trinajstić information content (AvgIpc) is 2.45. The molecule has 1 nitrogen and oxygen atoms in total. The second-order valence-corrected chi connectivity index (χ2v) is 6.41. The van der Waals surface area contributed by atoms with Crippen LogP contribution in [0.3, 0.4) is 0 Å². The summed E-state index contributed by atoms with van der Waals surface area (Å²) in [6, 6.07) is 11.6. The lowest BCUT2D eigenvalue weighted by Crippen LogP contribution is -2.04. The Balaban J connectivity index is 2.43. The first-order chi connectivity index (χ1) is 9.56. The van der Waals surface area contributed by atoms with Crippen LogP contribution in [0.15, 0.2) is 45.3 Å². The molecule has 0 saturated carbocycles. The molecule has 0 unspecified atom stereocenters. The van der Waals surface area contributed by atoms with Crippen LogP contribution in [0.5, 0.6) is 0 Å². The van der Waals surface area contributed by atoms with Gasteiger partial charge < -0.3 is 0 Å². The maximum Gasteiger partial charge on any atom is 0.194 e. The molecule has 2 aromatic carbocycles. The third-order valence-corrected chi connectivity index (χ3v) is 4.56. The number of ketones is 1. The molecule has 104 valence electrons. The van der Waals surface area contributed by atoms with Crippen molar-refractivity contribution in [3.63, 3.8) is 0 Å². The Bertz CT molecular complexity index is 647. The van der Waals surface area contributed by atoms with Crippen molar-refractivity contribution in [3.05, 3.63) is 67.6 Å². The molecule has 0 aliphatic heterocycles. The van der Waals surface area contributed by atoms with Crippen LogP contribution in [0.4, 0.5) is 0 Å². The van der Waals surface area contributed by atoms with E-state index in [9.17, 15) is 4.79 Å². The average molecular weight is 396 g/mol. The first-order valence-electron chi connectivity index (χ1n) is 6.68. The number of carbonyl (C=O) groups excluding carboxylic acids is 1. The van der Waals surface area contributed by atoms with E-state index < -0.39 is 0 Å². The van der Waals surface area contributed by atoms with Gasteiger partial charge in [0.25, 0.3) is 0 Å². The standard InChI is InChI=1S/C17H16Br2O/c1-3-11-5-6-13(9-12(11)4-2)17(20)15-8-7-14(18)10-16(15)19/h5-10H,3-4H2,1-2H3. The molecule has 0 N–H and O–H groups in total. The number of benzene rings is 2. The molecule has 0 saturated heterocycles. The van der Waals surface area contributed by atoms with Crippen LogP contribution >= 0.6 is 31.9 Å². The SMILES string of the molecule is CCc1ccc(C(=O)c2ccc(Br)cc2Br)cc1CC. The molecule has 0 aliphatic rings. The second-order valence-electron chi connectivity index (χ2n) is 4.64. The van der Waals surface area contributed by atoms with Crippen molar-refractivity contribution in [1.82, 2.24) is 0 Å². The van der Waals surface area contributed by atoms with E-state index in [-0.39, 0.29) is 5.78 Å². The largest absolute Gasteiger partial charge is 0.289 e. The molecule has 2 rings (SSSR count). The highest BCUT2D eigenvalue weighted by Crippen LogP contribution is 2.25. The maximum atomic E-state index is 12.6. The lowest BCUT2D eigenvalue weighted by atomic mass is 9.96. The molecule has 20 heavy (non-hydrogen) atoms. The lowest BCUT2D eigenvalue weighted by Gasteiger charge is -2.09. The van der Waals surface area contributed by atoms with Crippen LogP contribution in [-0.2, 0) is 12.8 Å². The minimum atomic E-state index is 0.0572. The Kier molecular flexibility index (Phi) is 5.17. The predicted molar refractivity (Wildman–Crippen MR) is 90.5 cm³/mol. The number of rotatable bonds is 4. The molecule has 0 spiro atoms. The molecule has 0 atom stereocenters. The number of hydrogen-bond acceptors (Lipinski definition) is 1. The Morgan fingerprint density at radius 2 is 1.65 bits per heavy atom. The summed E-state index contributed by atoms with van der Waals surface area (Å²) in [5.41, 5.74) is 4.02. The van der Waals surface area contributed by atoms with Gasteiger partial charge in [0.15, 0.2) is 5.78 Å². The highest BCUT2D eigenvalue weighted by molar-refractivity contribution is 9.11. The van der Waals surface area contributed by atoms with E-state index >= 15 is 0 Å². The van der Waals surface area contributed by atoms with Gasteiger partial charge in [0.1, 0.15) is 0 Å². The zero-order valence-electron chi connectivity index (χ0n) is 11.5.